The minimum absolute atomic E-state index is 0.382. The molecule has 0 aliphatic rings. The number of hydrogen-bond acceptors (Lipinski definition) is 5. The molecule has 0 saturated heterocycles. The van der Waals surface area contributed by atoms with Crippen molar-refractivity contribution in [2.45, 2.75) is 13.8 Å². The van der Waals surface area contributed by atoms with Gasteiger partial charge in [0.05, 0.1) is 23.9 Å². The molecule has 0 unspecified atom stereocenters. The van der Waals surface area contributed by atoms with E-state index in [1.807, 2.05) is 31.2 Å². The van der Waals surface area contributed by atoms with Crippen molar-refractivity contribution in [1.82, 2.24) is 0 Å². The van der Waals surface area contributed by atoms with Crippen LogP contribution in [-0.4, -0.2) is 19.0 Å². The summed E-state index contributed by atoms with van der Waals surface area (Å²) in [6.45, 7) is 3.71. The van der Waals surface area contributed by atoms with Gasteiger partial charge in [-0.3, -0.25) is 0 Å². The number of ether oxygens (including phenoxy) is 1. The molecule has 0 aliphatic carbocycles. The fraction of sp³-hybridized carbons (Fsp3) is 0.176. The Morgan fingerprint density at radius 2 is 1.64 bits per heavy atom. The number of anilines is 1. The first-order chi connectivity index (χ1) is 10.5. The Hall–Kier alpha value is -2.82. The van der Waals surface area contributed by atoms with Gasteiger partial charge in [-0.05, 0) is 49.7 Å². The molecule has 22 heavy (non-hydrogen) atoms. The maximum Gasteiger partial charge on any atom is 0.363 e. The lowest BCUT2D eigenvalue weighted by atomic mass is 10.1. The zero-order valence-electron chi connectivity index (χ0n) is 12.7. The maximum atomic E-state index is 12.1. The third-order valence-electron chi connectivity index (χ3n) is 3.18. The highest BCUT2D eigenvalue weighted by molar-refractivity contribution is 5.95. The van der Waals surface area contributed by atoms with Crippen molar-refractivity contribution in [2.24, 2.45) is 0 Å². The Bertz CT molecular complexity index is 692. The van der Waals surface area contributed by atoms with E-state index in [9.17, 15) is 9.59 Å². The molecule has 0 aromatic heterocycles. The summed E-state index contributed by atoms with van der Waals surface area (Å²) in [6, 6.07) is 12.1. The fourth-order valence-corrected chi connectivity index (χ4v) is 1.92. The van der Waals surface area contributed by atoms with Crippen LogP contribution >= 0.6 is 0 Å². The lowest BCUT2D eigenvalue weighted by molar-refractivity contribution is 0.0583. The van der Waals surface area contributed by atoms with Gasteiger partial charge < -0.3 is 9.57 Å². The quantitative estimate of drug-likeness (QED) is 0.693. The van der Waals surface area contributed by atoms with Crippen molar-refractivity contribution in [3.63, 3.8) is 0 Å². The summed E-state index contributed by atoms with van der Waals surface area (Å²) in [7, 11) is 1.31. The number of hydrogen-bond donors (Lipinski definition) is 1. The van der Waals surface area contributed by atoms with Gasteiger partial charge in [0.15, 0.2) is 0 Å². The molecule has 0 heterocycles. The average Bonchev–Trinajstić information content (AvgIpc) is 2.53. The van der Waals surface area contributed by atoms with Gasteiger partial charge in [0, 0.05) is 0 Å². The number of carbonyl (C=O) groups is 2. The predicted molar refractivity (Wildman–Crippen MR) is 82.7 cm³/mol. The fourth-order valence-electron chi connectivity index (χ4n) is 1.92. The second-order valence-corrected chi connectivity index (χ2v) is 4.88. The highest BCUT2D eigenvalue weighted by Gasteiger charge is 2.14. The Balaban J connectivity index is 2.06. The summed E-state index contributed by atoms with van der Waals surface area (Å²) >= 11 is 0. The second kappa shape index (κ2) is 6.76. The third-order valence-corrected chi connectivity index (χ3v) is 3.18. The first-order valence-electron chi connectivity index (χ1n) is 6.74. The van der Waals surface area contributed by atoms with Crippen molar-refractivity contribution in [3.05, 3.63) is 64.7 Å². The molecule has 0 aliphatic heterocycles. The van der Waals surface area contributed by atoms with Crippen LogP contribution in [0.4, 0.5) is 5.69 Å². The summed E-state index contributed by atoms with van der Waals surface area (Å²) in [5.74, 6) is -0.963. The van der Waals surface area contributed by atoms with Crippen LogP contribution in [0.25, 0.3) is 0 Å². The van der Waals surface area contributed by atoms with Gasteiger partial charge >= 0.3 is 11.9 Å². The summed E-state index contributed by atoms with van der Waals surface area (Å²) in [5.41, 5.74) is 5.82. The molecule has 0 bridgehead atoms. The van der Waals surface area contributed by atoms with Gasteiger partial charge in [0.25, 0.3) is 0 Å². The van der Waals surface area contributed by atoms with E-state index >= 15 is 0 Å². The monoisotopic (exact) mass is 299 g/mol. The van der Waals surface area contributed by atoms with Crippen molar-refractivity contribution in [1.29, 1.82) is 0 Å². The Labute approximate surface area is 128 Å². The molecule has 0 atom stereocenters. The molecule has 0 radical (unpaired) electrons. The first-order valence-corrected chi connectivity index (χ1v) is 6.74. The van der Waals surface area contributed by atoms with Gasteiger partial charge in [0.1, 0.15) is 0 Å². The van der Waals surface area contributed by atoms with E-state index in [1.54, 1.807) is 19.1 Å². The zero-order chi connectivity index (χ0) is 16.1. The number of esters is 1. The molecule has 0 amide bonds. The average molecular weight is 299 g/mol. The van der Waals surface area contributed by atoms with E-state index in [1.165, 1.54) is 13.2 Å². The summed E-state index contributed by atoms with van der Waals surface area (Å²) in [5, 5.41) is 0. The molecule has 2 aromatic carbocycles. The Morgan fingerprint density at radius 1 is 0.955 bits per heavy atom. The van der Waals surface area contributed by atoms with Crippen molar-refractivity contribution in [2.75, 3.05) is 12.6 Å². The number of rotatable bonds is 4. The van der Waals surface area contributed by atoms with Crippen molar-refractivity contribution in [3.8, 4) is 0 Å². The Kier molecular flexibility index (Phi) is 4.78. The minimum Gasteiger partial charge on any atom is -0.465 e. The molecule has 0 saturated carbocycles. The van der Waals surface area contributed by atoms with Crippen LogP contribution in [0.3, 0.4) is 0 Å². The molecule has 2 rings (SSSR count). The zero-order valence-corrected chi connectivity index (χ0v) is 12.7. The van der Waals surface area contributed by atoms with E-state index in [2.05, 4.69) is 10.2 Å². The van der Waals surface area contributed by atoms with Gasteiger partial charge in [-0.15, -0.1) is 0 Å². The standard InChI is InChI=1S/C17H17NO4/c1-11-4-7-14(8-5-11)18-22-17(20)15-9-6-13(10-12(15)2)16(19)21-3/h4-10,18H,1-3H3. The normalized spacial score (nSPS) is 9.95. The summed E-state index contributed by atoms with van der Waals surface area (Å²) in [6.07, 6.45) is 0. The number of nitrogens with one attached hydrogen (secondary N) is 1. The second-order valence-electron chi connectivity index (χ2n) is 4.88. The molecule has 1 N–H and O–H groups in total. The third kappa shape index (κ3) is 3.63. The van der Waals surface area contributed by atoms with Gasteiger partial charge in [-0.1, -0.05) is 17.7 Å². The number of methoxy groups -OCH3 is 1. The van der Waals surface area contributed by atoms with E-state index in [4.69, 9.17) is 4.84 Å². The summed E-state index contributed by atoms with van der Waals surface area (Å²) < 4.78 is 4.64. The molecule has 114 valence electrons. The van der Waals surface area contributed by atoms with Crippen LogP contribution in [0.1, 0.15) is 31.8 Å². The lowest BCUT2D eigenvalue weighted by Gasteiger charge is -2.09. The highest BCUT2D eigenvalue weighted by Crippen LogP contribution is 2.14. The number of aryl methyl sites for hydroxylation is 2. The smallest absolute Gasteiger partial charge is 0.363 e. The minimum atomic E-state index is -0.519. The molecule has 5 nitrogen and oxygen atoms in total. The van der Waals surface area contributed by atoms with E-state index in [-0.39, 0.29) is 0 Å². The van der Waals surface area contributed by atoms with Crippen molar-refractivity contribution < 1.29 is 19.2 Å². The van der Waals surface area contributed by atoms with Gasteiger partial charge in [-0.25, -0.2) is 15.1 Å². The molecule has 0 fully saturated rings. The molecular formula is C17H17NO4. The van der Waals surface area contributed by atoms with Crippen LogP contribution in [0.5, 0.6) is 0 Å². The first kappa shape index (κ1) is 15.6. The van der Waals surface area contributed by atoms with Crippen LogP contribution in [0.2, 0.25) is 0 Å². The largest absolute Gasteiger partial charge is 0.465 e. The number of benzene rings is 2. The highest BCUT2D eigenvalue weighted by atomic mass is 16.7. The van der Waals surface area contributed by atoms with Crippen LogP contribution in [0, 0.1) is 13.8 Å². The number of carbonyl (C=O) groups excluding carboxylic acids is 2. The van der Waals surface area contributed by atoms with E-state index in [0.717, 1.165) is 5.56 Å². The SMILES string of the molecule is COC(=O)c1ccc(C(=O)ONc2ccc(C)cc2)c(C)c1. The maximum absolute atomic E-state index is 12.1. The van der Waals surface area contributed by atoms with E-state index < -0.39 is 11.9 Å². The van der Waals surface area contributed by atoms with Crippen molar-refractivity contribution >= 4 is 17.6 Å². The Morgan fingerprint density at radius 3 is 2.23 bits per heavy atom. The molecular weight excluding hydrogens is 282 g/mol. The molecule has 2 aromatic rings. The van der Waals surface area contributed by atoms with E-state index in [0.29, 0.717) is 22.4 Å². The van der Waals surface area contributed by atoms with Gasteiger partial charge in [-0.2, -0.15) is 0 Å². The van der Waals surface area contributed by atoms with Crippen LogP contribution < -0.4 is 5.48 Å². The topological polar surface area (TPSA) is 64.6 Å². The lowest BCUT2D eigenvalue weighted by Crippen LogP contribution is -2.13. The molecule has 0 spiro atoms. The predicted octanol–water partition coefficient (Wildman–Crippen LogP) is 3.27. The molecule has 5 heteroatoms. The van der Waals surface area contributed by atoms with Crippen LogP contribution in [0.15, 0.2) is 42.5 Å². The van der Waals surface area contributed by atoms with Crippen LogP contribution in [-0.2, 0) is 9.57 Å². The summed E-state index contributed by atoms with van der Waals surface area (Å²) in [4.78, 5) is 28.5. The van der Waals surface area contributed by atoms with Gasteiger partial charge in [0.2, 0.25) is 0 Å².